The lowest BCUT2D eigenvalue weighted by Crippen LogP contribution is -2.50. The van der Waals surface area contributed by atoms with Gasteiger partial charge in [-0.15, -0.1) is 0 Å². The Morgan fingerprint density at radius 3 is 2.46 bits per heavy atom. The second-order valence-corrected chi connectivity index (χ2v) is 8.08. The van der Waals surface area contributed by atoms with E-state index in [0.29, 0.717) is 44.6 Å². The van der Waals surface area contributed by atoms with E-state index in [1.54, 1.807) is 30.1 Å². The van der Waals surface area contributed by atoms with Gasteiger partial charge in [0.2, 0.25) is 10.9 Å². The highest BCUT2D eigenvalue weighted by molar-refractivity contribution is 7.70. The fraction of sp³-hybridized carbons (Fsp3) is 0.579. The Hall–Kier alpha value is -2.29. The highest BCUT2D eigenvalue weighted by atomic mass is 32.2. The zero-order chi connectivity index (χ0) is 20.8. The van der Waals surface area contributed by atoms with Crippen LogP contribution in [0.3, 0.4) is 0 Å². The first kappa shape index (κ1) is 22.0. The molecule has 0 spiro atoms. The van der Waals surface area contributed by atoms with Crippen LogP contribution in [0.4, 0.5) is 4.79 Å². The van der Waals surface area contributed by atoms with Crippen LogP contribution < -0.4 is 5.32 Å². The van der Waals surface area contributed by atoms with Crippen molar-refractivity contribution >= 4 is 22.9 Å². The smallest absolute Gasteiger partial charge is 0.317 e. The number of amides is 2. The van der Waals surface area contributed by atoms with Gasteiger partial charge in [-0.3, -0.25) is 9.10 Å². The van der Waals surface area contributed by atoms with Gasteiger partial charge in [0, 0.05) is 31.6 Å². The fourth-order valence-corrected chi connectivity index (χ4v) is 4.78. The summed E-state index contributed by atoms with van der Waals surface area (Å²) in [5.41, 5.74) is 1.53. The van der Waals surface area contributed by atoms with Crippen molar-refractivity contribution in [1.29, 1.82) is 0 Å². The molecular formula is C19H29N3O5S. The van der Waals surface area contributed by atoms with Crippen LogP contribution in [-0.4, -0.2) is 60.4 Å². The first-order valence-corrected chi connectivity index (χ1v) is 10.6. The Labute approximate surface area is 167 Å². The van der Waals surface area contributed by atoms with Crippen molar-refractivity contribution in [2.75, 3.05) is 19.6 Å². The van der Waals surface area contributed by atoms with Gasteiger partial charge in [-0.25, -0.2) is 13.2 Å². The summed E-state index contributed by atoms with van der Waals surface area (Å²) in [5, 5.41) is 12.0. The summed E-state index contributed by atoms with van der Waals surface area (Å²) >= 11 is 0. The van der Waals surface area contributed by atoms with Crippen LogP contribution in [-0.2, 0) is 15.7 Å². The Kier molecular flexibility index (Phi) is 7.68. The normalized spacial score (nSPS) is 26.7. The number of hydrogen-bond donors (Lipinski definition) is 3. The summed E-state index contributed by atoms with van der Waals surface area (Å²) in [6.07, 6.45) is 6.74. The van der Waals surface area contributed by atoms with Gasteiger partial charge < -0.3 is 15.3 Å². The Morgan fingerprint density at radius 2 is 1.96 bits per heavy atom. The molecule has 8 nitrogen and oxygen atoms in total. The van der Waals surface area contributed by atoms with E-state index in [-0.39, 0.29) is 18.0 Å². The molecule has 9 heteroatoms. The molecule has 0 saturated carbocycles. The van der Waals surface area contributed by atoms with Gasteiger partial charge in [0.25, 0.3) is 0 Å². The number of nitrogens with one attached hydrogen (secondary N) is 1. The molecular weight excluding hydrogens is 382 g/mol. The third-order valence-corrected chi connectivity index (χ3v) is 6.47. The third kappa shape index (κ3) is 4.95. The molecule has 2 heterocycles. The first-order chi connectivity index (χ1) is 13.3. The van der Waals surface area contributed by atoms with Crippen LogP contribution in [0, 0.1) is 11.8 Å². The van der Waals surface area contributed by atoms with Gasteiger partial charge in [0.15, 0.2) is 0 Å². The Bertz CT molecular complexity index is 743. The summed E-state index contributed by atoms with van der Waals surface area (Å²) in [7, 11) is -2.81. The molecule has 0 unspecified atom stereocenters. The Balaban J connectivity index is 2.02. The predicted molar refractivity (Wildman–Crippen MR) is 107 cm³/mol. The van der Waals surface area contributed by atoms with E-state index in [1.165, 1.54) is 4.31 Å². The minimum absolute atomic E-state index is 0.0803. The number of urea groups is 1. The minimum Gasteiger partial charge on any atom is -0.481 e. The number of nitrogens with zero attached hydrogens (tertiary/aromatic N) is 2. The molecule has 28 heavy (non-hydrogen) atoms. The quantitative estimate of drug-likeness (QED) is 0.598. The van der Waals surface area contributed by atoms with E-state index >= 15 is 0 Å². The van der Waals surface area contributed by atoms with Crippen LogP contribution in [0.25, 0.3) is 0 Å². The van der Waals surface area contributed by atoms with Crippen molar-refractivity contribution in [2.45, 2.75) is 39.2 Å². The number of carbonyl (C=O) groups excluding carboxylic acids is 1. The molecule has 2 N–H and O–H groups in total. The van der Waals surface area contributed by atoms with Gasteiger partial charge in [0.05, 0.1) is 11.6 Å². The molecule has 156 valence electrons. The number of likely N-dealkylation sites (tertiary alicyclic amines) is 1. The molecule has 0 aliphatic carbocycles. The number of thiol groups is 1. The van der Waals surface area contributed by atoms with Gasteiger partial charge >= 0.3 is 12.0 Å². The second-order valence-electron chi connectivity index (χ2n) is 7.17. The number of piperidine rings is 2. The summed E-state index contributed by atoms with van der Waals surface area (Å²) < 4.78 is 25.0. The van der Waals surface area contributed by atoms with E-state index in [9.17, 15) is 18.0 Å². The molecule has 2 atom stereocenters. The highest BCUT2D eigenvalue weighted by Crippen LogP contribution is 2.34. The number of allylic oxidation sites excluding steroid dienone is 4. The van der Waals surface area contributed by atoms with E-state index < -0.39 is 22.8 Å². The average molecular weight is 412 g/mol. The van der Waals surface area contributed by atoms with Gasteiger partial charge in [-0.05, 0) is 38.7 Å². The van der Waals surface area contributed by atoms with Crippen LogP contribution in [0.5, 0.6) is 0 Å². The van der Waals surface area contributed by atoms with Crippen molar-refractivity contribution in [3.05, 3.63) is 36.1 Å². The summed E-state index contributed by atoms with van der Waals surface area (Å²) in [4.78, 5) is 25.1. The monoisotopic (exact) mass is 411 g/mol. The zero-order valence-electron chi connectivity index (χ0n) is 16.3. The summed E-state index contributed by atoms with van der Waals surface area (Å²) in [6, 6.07) is -0.521. The van der Waals surface area contributed by atoms with Crippen molar-refractivity contribution < 1.29 is 23.1 Å². The van der Waals surface area contributed by atoms with Crippen molar-refractivity contribution in [3.8, 4) is 0 Å². The lowest BCUT2D eigenvalue weighted by molar-refractivity contribution is -0.143. The van der Waals surface area contributed by atoms with Crippen LogP contribution in [0.15, 0.2) is 36.1 Å². The third-order valence-electron chi connectivity index (χ3n) is 5.54. The molecule has 0 aromatic rings. The SMILES string of the molecule is C=C/C=C1/C[C@@H](CNC(=O)N2CCC(C(=O)O)CC2)[C@@H](C)N([SH](=O)=O)/C1=C/C. The van der Waals surface area contributed by atoms with E-state index in [0.717, 1.165) is 5.57 Å². The minimum atomic E-state index is -2.81. The van der Waals surface area contributed by atoms with Crippen molar-refractivity contribution in [2.24, 2.45) is 11.8 Å². The van der Waals surface area contributed by atoms with Crippen molar-refractivity contribution in [1.82, 2.24) is 14.5 Å². The fourth-order valence-electron chi connectivity index (χ4n) is 3.88. The number of carboxylic acids is 1. The molecule has 2 fully saturated rings. The van der Waals surface area contributed by atoms with Crippen LogP contribution in [0.1, 0.15) is 33.1 Å². The topological polar surface area (TPSA) is 107 Å². The summed E-state index contributed by atoms with van der Waals surface area (Å²) in [6.45, 7) is 8.50. The predicted octanol–water partition coefficient (Wildman–Crippen LogP) is 1.75. The molecule has 2 saturated heterocycles. The van der Waals surface area contributed by atoms with Gasteiger partial charge in [-0.1, -0.05) is 24.8 Å². The lowest BCUT2D eigenvalue weighted by Gasteiger charge is -2.40. The maximum atomic E-state index is 12.5. The second kappa shape index (κ2) is 9.77. The number of carboxylic acid groups (broad SMARTS) is 1. The largest absolute Gasteiger partial charge is 0.481 e. The first-order valence-electron chi connectivity index (χ1n) is 9.47. The maximum Gasteiger partial charge on any atom is 0.317 e. The number of rotatable bonds is 5. The molecule has 2 rings (SSSR count). The van der Waals surface area contributed by atoms with Gasteiger partial charge in [-0.2, -0.15) is 0 Å². The molecule has 2 aliphatic heterocycles. The number of carbonyl (C=O) groups is 2. The Morgan fingerprint density at radius 1 is 1.32 bits per heavy atom. The highest BCUT2D eigenvalue weighted by Gasteiger charge is 2.35. The molecule has 0 aromatic carbocycles. The molecule has 0 bridgehead atoms. The molecule has 0 radical (unpaired) electrons. The van der Waals surface area contributed by atoms with Crippen LogP contribution >= 0.6 is 0 Å². The number of hydrogen-bond acceptors (Lipinski definition) is 4. The van der Waals surface area contributed by atoms with Crippen LogP contribution in [0.2, 0.25) is 0 Å². The zero-order valence-corrected chi connectivity index (χ0v) is 17.2. The molecule has 2 amide bonds. The summed E-state index contributed by atoms with van der Waals surface area (Å²) in [5.74, 6) is -1.29. The maximum absolute atomic E-state index is 12.5. The van der Waals surface area contributed by atoms with Gasteiger partial charge in [0.1, 0.15) is 0 Å². The molecule has 2 aliphatic rings. The number of aliphatic carboxylic acids is 1. The van der Waals surface area contributed by atoms with E-state index in [1.807, 2.05) is 6.92 Å². The van der Waals surface area contributed by atoms with Crippen molar-refractivity contribution in [3.63, 3.8) is 0 Å². The van der Waals surface area contributed by atoms with E-state index in [4.69, 9.17) is 5.11 Å². The average Bonchev–Trinajstić information content (AvgIpc) is 2.67. The van der Waals surface area contributed by atoms with E-state index in [2.05, 4.69) is 11.9 Å². The molecule has 0 aromatic heterocycles. The standard InChI is InChI=1S/C19H29N3O5S/c1-4-6-15-11-16(13(3)22(28(26)27)17(15)5-2)12-20-19(25)21-9-7-14(8-10-21)18(23)24/h4-6,13-14,16,28H,1,7-12H2,2-3H3,(H,20,25)(H,23,24)/b15-6-,17-5+/t13-,16+/m1/s1. The lowest BCUT2D eigenvalue weighted by atomic mass is 9.86.